The van der Waals surface area contributed by atoms with Crippen molar-refractivity contribution in [3.63, 3.8) is 0 Å². The Hall–Kier alpha value is -1.26. The van der Waals surface area contributed by atoms with Crippen LogP contribution in [0.4, 0.5) is 0 Å². The van der Waals surface area contributed by atoms with Crippen LogP contribution in [0.25, 0.3) is 0 Å². The van der Waals surface area contributed by atoms with Crippen LogP contribution >= 0.6 is 12.4 Å². The van der Waals surface area contributed by atoms with Gasteiger partial charge >= 0.3 is 0 Å². The second-order valence-corrected chi connectivity index (χ2v) is 3.77. The van der Waals surface area contributed by atoms with Crippen molar-refractivity contribution in [1.29, 1.82) is 0 Å². The third-order valence-electron chi connectivity index (χ3n) is 2.24. The van der Waals surface area contributed by atoms with Crippen molar-refractivity contribution in [2.45, 2.75) is 19.8 Å². The molecule has 102 valence electrons. The molecule has 1 aromatic rings. The number of halogens is 1. The largest absolute Gasteiger partial charge is 0.494 e. The molecule has 18 heavy (non-hydrogen) atoms. The first-order valence-electron chi connectivity index (χ1n) is 5.99. The van der Waals surface area contributed by atoms with Gasteiger partial charge in [0, 0.05) is 12.1 Å². The molecule has 0 aromatic heterocycles. The lowest BCUT2D eigenvalue weighted by Gasteiger charge is -2.07. The number of benzene rings is 1. The highest BCUT2D eigenvalue weighted by molar-refractivity contribution is 5.94. The van der Waals surface area contributed by atoms with Gasteiger partial charge in [-0.15, -0.1) is 12.4 Å². The van der Waals surface area contributed by atoms with E-state index in [-0.39, 0.29) is 18.3 Å². The summed E-state index contributed by atoms with van der Waals surface area (Å²) in [5.41, 5.74) is 5.98. The van der Waals surface area contributed by atoms with Gasteiger partial charge in [0.15, 0.2) is 0 Å². The molecule has 0 heterocycles. The van der Waals surface area contributed by atoms with Gasteiger partial charge in [-0.3, -0.25) is 4.79 Å². The standard InChI is InChI=1S/C13H20N2O2.ClH/c1-2-9-17-12-6-3-5-11(10-12)13(16)15-8-4-7-14;/h3,5-6,10H,2,4,7-9,14H2,1H3,(H,15,16);1H. The Labute approximate surface area is 114 Å². The first kappa shape index (κ1) is 16.7. The number of rotatable bonds is 7. The monoisotopic (exact) mass is 272 g/mol. The maximum absolute atomic E-state index is 11.7. The third-order valence-corrected chi connectivity index (χ3v) is 2.24. The lowest BCUT2D eigenvalue weighted by molar-refractivity contribution is 0.0953. The molecule has 0 atom stereocenters. The number of amides is 1. The second kappa shape index (κ2) is 9.74. The topological polar surface area (TPSA) is 64.3 Å². The van der Waals surface area contributed by atoms with Gasteiger partial charge < -0.3 is 15.8 Å². The minimum atomic E-state index is -0.0830. The molecule has 3 N–H and O–H groups in total. The van der Waals surface area contributed by atoms with E-state index in [1.165, 1.54) is 0 Å². The van der Waals surface area contributed by atoms with Crippen LogP contribution in [-0.4, -0.2) is 25.6 Å². The molecule has 0 radical (unpaired) electrons. The summed E-state index contributed by atoms with van der Waals surface area (Å²) in [5.74, 6) is 0.652. The summed E-state index contributed by atoms with van der Waals surface area (Å²) in [7, 11) is 0. The number of nitrogens with one attached hydrogen (secondary N) is 1. The molecule has 5 heteroatoms. The van der Waals surface area contributed by atoms with Crippen molar-refractivity contribution >= 4 is 18.3 Å². The highest BCUT2D eigenvalue weighted by atomic mass is 35.5. The summed E-state index contributed by atoms with van der Waals surface area (Å²) in [4.78, 5) is 11.7. The average Bonchev–Trinajstić information content (AvgIpc) is 2.37. The molecule has 0 aliphatic heterocycles. The fourth-order valence-electron chi connectivity index (χ4n) is 1.35. The van der Waals surface area contributed by atoms with Gasteiger partial charge in [0.1, 0.15) is 5.75 Å². The van der Waals surface area contributed by atoms with Crippen molar-refractivity contribution in [3.8, 4) is 5.75 Å². The van der Waals surface area contributed by atoms with Crippen molar-refractivity contribution in [2.24, 2.45) is 5.73 Å². The molecule has 0 saturated carbocycles. The van der Waals surface area contributed by atoms with E-state index < -0.39 is 0 Å². The number of hydrogen-bond donors (Lipinski definition) is 2. The minimum Gasteiger partial charge on any atom is -0.494 e. The third kappa shape index (κ3) is 5.89. The molecule has 1 amide bonds. The van der Waals surface area contributed by atoms with E-state index in [4.69, 9.17) is 10.5 Å². The maximum atomic E-state index is 11.7. The Morgan fingerprint density at radius 3 is 2.89 bits per heavy atom. The highest BCUT2D eigenvalue weighted by Crippen LogP contribution is 2.13. The van der Waals surface area contributed by atoms with E-state index in [2.05, 4.69) is 5.32 Å². The van der Waals surface area contributed by atoms with Crippen molar-refractivity contribution in [1.82, 2.24) is 5.32 Å². The van der Waals surface area contributed by atoms with Gasteiger partial charge in [0.05, 0.1) is 6.61 Å². The fraction of sp³-hybridized carbons (Fsp3) is 0.462. The average molecular weight is 273 g/mol. The Morgan fingerprint density at radius 2 is 2.22 bits per heavy atom. The molecule has 0 unspecified atom stereocenters. The van der Waals surface area contributed by atoms with Crippen LogP contribution < -0.4 is 15.8 Å². The molecule has 4 nitrogen and oxygen atoms in total. The SMILES string of the molecule is CCCOc1cccc(C(=O)NCCCN)c1.Cl. The maximum Gasteiger partial charge on any atom is 0.251 e. The predicted molar refractivity (Wildman–Crippen MR) is 75.5 cm³/mol. The van der Waals surface area contributed by atoms with Crippen molar-refractivity contribution in [3.05, 3.63) is 29.8 Å². The van der Waals surface area contributed by atoms with Gasteiger partial charge in [-0.1, -0.05) is 13.0 Å². The van der Waals surface area contributed by atoms with E-state index in [9.17, 15) is 4.79 Å². The number of ether oxygens (including phenoxy) is 1. The van der Waals surface area contributed by atoms with Crippen LogP contribution in [0.1, 0.15) is 30.1 Å². The normalized spacial score (nSPS) is 9.44. The molecule has 0 aliphatic carbocycles. The van der Waals surface area contributed by atoms with Gasteiger partial charge in [-0.05, 0) is 37.6 Å². The smallest absolute Gasteiger partial charge is 0.251 e. The van der Waals surface area contributed by atoms with E-state index >= 15 is 0 Å². The zero-order chi connectivity index (χ0) is 12.5. The molecule has 0 aliphatic rings. The van der Waals surface area contributed by atoms with Crippen LogP contribution in [0.3, 0.4) is 0 Å². The zero-order valence-corrected chi connectivity index (χ0v) is 11.5. The van der Waals surface area contributed by atoms with Crippen LogP contribution in [0.15, 0.2) is 24.3 Å². The van der Waals surface area contributed by atoms with Gasteiger partial charge in [-0.25, -0.2) is 0 Å². The summed E-state index contributed by atoms with van der Waals surface area (Å²) in [6.45, 7) is 3.90. The molecular weight excluding hydrogens is 252 g/mol. The molecule has 0 fully saturated rings. The lowest BCUT2D eigenvalue weighted by atomic mass is 10.2. The first-order valence-corrected chi connectivity index (χ1v) is 5.99. The lowest BCUT2D eigenvalue weighted by Crippen LogP contribution is -2.25. The van der Waals surface area contributed by atoms with Gasteiger partial charge in [0.2, 0.25) is 0 Å². The Balaban J connectivity index is 0.00000289. The summed E-state index contributed by atoms with van der Waals surface area (Å²) < 4.78 is 5.47. The quantitative estimate of drug-likeness (QED) is 0.746. The van der Waals surface area contributed by atoms with Crippen LogP contribution in [0.5, 0.6) is 5.75 Å². The van der Waals surface area contributed by atoms with Gasteiger partial charge in [-0.2, -0.15) is 0 Å². The van der Waals surface area contributed by atoms with E-state index in [0.717, 1.165) is 18.6 Å². The van der Waals surface area contributed by atoms with Crippen molar-refractivity contribution < 1.29 is 9.53 Å². The molecule has 0 bridgehead atoms. The van der Waals surface area contributed by atoms with Gasteiger partial charge in [0.25, 0.3) is 5.91 Å². The molecule has 0 spiro atoms. The fourth-order valence-corrected chi connectivity index (χ4v) is 1.35. The number of carbonyl (C=O) groups excluding carboxylic acids is 1. The van der Waals surface area contributed by atoms with Crippen LogP contribution in [0.2, 0.25) is 0 Å². The Kier molecular flexibility index (Phi) is 9.06. The molecule has 0 saturated heterocycles. The van der Waals surface area contributed by atoms with Crippen LogP contribution in [-0.2, 0) is 0 Å². The Morgan fingerprint density at radius 1 is 1.44 bits per heavy atom. The summed E-state index contributed by atoms with van der Waals surface area (Å²) >= 11 is 0. The predicted octanol–water partition coefficient (Wildman–Crippen LogP) is 1.98. The van der Waals surface area contributed by atoms with E-state index in [0.29, 0.717) is 25.3 Å². The summed E-state index contributed by atoms with van der Waals surface area (Å²) in [5, 5.41) is 2.81. The van der Waals surface area contributed by atoms with E-state index in [1.807, 2.05) is 19.1 Å². The van der Waals surface area contributed by atoms with Crippen molar-refractivity contribution in [2.75, 3.05) is 19.7 Å². The summed E-state index contributed by atoms with van der Waals surface area (Å²) in [6.07, 6.45) is 1.74. The summed E-state index contributed by atoms with van der Waals surface area (Å²) in [6, 6.07) is 7.21. The zero-order valence-electron chi connectivity index (χ0n) is 10.6. The number of nitrogens with two attached hydrogens (primary N) is 1. The minimum absolute atomic E-state index is 0. The Bertz CT molecular complexity index is 359. The van der Waals surface area contributed by atoms with Crippen LogP contribution in [0, 0.1) is 0 Å². The highest BCUT2D eigenvalue weighted by Gasteiger charge is 2.05. The second-order valence-electron chi connectivity index (χ2n) is 3.77. The number of carbonyl (C=O) groups is 1. The molecular formula is C13H21ClN2O2. The molecule has 1 rings (SSSR count). The van der Waals surface area contributed by atoms with E-state index in [1.54, 1.807) is 12.1 Å². The molecule has 1 aromatic carbocycles. The first-order chi connectivity index (χ1) is 8.27. The number of hydrogen-bond acceptors (Lipinski definition) is 3.